The van der Waals surface area contributed by atoms with Crippen molar-refractivity contribution < 1.29 is 14.3 Å². The van der Waals surface area contributed by atoms with E-state index >= 15 is 0 Å². The molecule has 1 aliphatic rings. The average molecular weight is 339 g/mol. The molecule has 1 aliphatic heterocycles. The van der Waals surface area contributed by atoms with Gasteiger partial charge in [0.1, 0.15) is 11.5 Å². The maximum atomic E-state index is 12.3. The quantitative estimate of drug-likeness (QED) is 0.799. The third-order valence-corrected chi connectivity index (χ3v) is 4.40. The Morgan fingerprint density at radius 2 is 1.68 bits per heavy atom. The van der Waals surface area contributed by atoms with Gasteiger partial charge in [0.05, 0.1) is 6.10 Å². The lowest BCUT2D eigenvalue weighted by molar-refractivity contribution is 0.138. The van der Waals surface area contributed by atoms with E-state index in [1.165, 1.54) is 5.56 Å². The molecule has 0 radical (unpaired) electrons. The molecule has 1 amide bonds. The Hall–Kier alpha value is -2.49. The molecule has 4 heteroatoms. The van der Waals surface area contributed by atoms with Crippen LogP contribution in [-0.2, 0) is 0 Å². The molecule has 0 spiro atoms. The molecule has 1 fully saturated rings. The monoisotopic (exact) mass is 339 g/mol. The smallest absolute Gasteiger partial charge is 0.415 e. The van der Waals surface area contributed by atoms with Gasteiger partial charge in [-0.15, -0.1) is 0 Å². The van der Waals surface area contributed by atoms with Gasteiger partial charge in [0, 0.05) is 13.1 Å². The first-order valence-electron chi connectivity index (χ1n) is 8.90. The summed E-state index contributed by atoms with van der Waals surface area (Å²) in [5.74, 6) is 1.96. The van der Waals surface area contributed by atoms with E-state index in [1.807, 2.05) is 44.2 Å². The normalized spacial score (nSPS) is 15.2. The van der Waals surface area contributed by atoms with Crippen molar-refractivity contribution in [3.63, 3.8) is 0 Å². The first-order valence-corrected chi connectivity index (χ1v) is 8.90. The van der Waals surface area contributed by atoms with Crippen LogP contribution in [0.1, 0.15) is 38.2 Å². The third kappa shape index (κ3) is 4.75. The summed E-state index contributed by atoms with van der Waals surface area (Å²) in [5.41, 5.74) is 1.29. The Bertz CT molecular complexity index is 691. The fraction of sp³-hybridized carbons (Fsp3) is 0.381. The first-order chi connectivity index (χ1) is 12.1. The van der Waals surface area contributed by atoms with E-state index in [1.54, 1.807) is 17.0 Å². The number of likely N-dealkylation sites (tertiary alicyclic amines) is 1. The topological polar surface area (TPSA) is 38.8 Å². The van der Waals surface area contributed by atoms with Gasteiger partial charge in [-0.25, -0.2) is 4.79 Å². The van der Waals surface area contributed by atoms with E-state index in [2.05, 4.69) is 12.1 Å². The zero-order valence-corrected chi connectivity index (χ0v) is 14.9. The lowest BCUT2D eigenvalue weighted by Crippen LogP contribution is -2.39. The molecular formula is C21H25NO3. The van der Waals surface area contributed by atoms with Crippen LogP contribution >= 0.6 is 0 Å². The van der Waals surface area contributed by atoms with Crippen LogP contribution < -0.4 is 9.47 Å². The minimum Gasteiger partial charge on any atom is -0.491 e. The van der Waals surface area contributed by atoms with Crippen molar-refractivity contribution >= 4 is 6.09 Å². The second-order valence-electron chi connectivity index (χ2n) is 6.68. The molecule has 2 aromatic carbocycles. The number of carbonyl (C=O) groups is 1. The lowest BCUT2D eigenvalue weighted by atomic mass is 9.89. The van der Waals surface area contributed by atoms with E-state index in [0.717, 1.165) is 18.6 Å². The van der Waals surface area contributed by atoms with Crippen LogP contribution in [0.2, 0.25) is 0 Å². The summed E-state index contributed by atoms with van der Waals surface area (Å²) in [7, 11) is 0. The molecule has 0 bridgehead atoms. The van der Waals surface area contributed by atoms with E-state index in [0.29, 0.717) is 24.8 Å². The number of hydrogen-bond acceptors (Lipinski definition) is 3. The van der Waals surface area contributed by atoms with Gasteiger partial charge in [-0.05, 0) is 62.4 Å². The average Bonchev–Trinajstić information content (AvgIpc) is 2.62. The second-order valence-corrected chi connectivity index (χ2v) is 6.68. The summed E-state index contributed by atoms with van der Waals surface area (Å²) in [4.78, 5) is 14.1. The standard InChI is InChI=1S/C21H25NO3/c1-16(2)24-20-10-6-7-18(15-20)17-11-13-22(14-12-17)21(23)25-19-8-4-3-5-9-19/h3-10,15-17H,11-14H2,1-2H3. The number of nitrogens with zero attached hydrogens (tertiary/aromatic N) is 1. The van der Waals surface area contributed by atoms with Crippen molar-refractivity contribution in [1.29, 1.82) is 0 Å². The molecule has 0 saturated carbocycles. The summed E-state index contributed by atoms with van der Waals surface area (Å²) >= 11 is 0. The van der Waals surface area contributed by atoms with Gasteiger partial charge in [-0.1, -0.05) is 30.3 Å². The van der Waals surface area contributed by atoms with Crippen molar-refractivity contribution in [2.75, 3.05) is 13.1 Å². The Labute approximate surface area is 149 Å². The highest BCUT2D eigenvalue weighted by molar-refractivity contribution is 5.70. The zero-order valence-electron chi connectivity index (χ0n) is 14.9. The molecule has 0 aliphatic carbocycles. The summed E-state index contributed by atoms with van der Waals surface area (Å²) in [6.45, 7) is 5.49. The maximum absolute atomic E-state index is 12.3. The summed E-state index contributed by atoms with van der Waals surface area (Å²) < 4.78 is 11.2. The van der Waals surface area contributed by atoms with Crippen molar-refractivity contribution in [3.8, 4) is 11.5 Å². The van der Waals surface area contributed by atoms with Gasteiger partial charge in [0.2, 0.25) is 0 Å². The summed E-state index contributed by atoms with van der Waals surface area (Å²) in [6, 6.07) is 17.5. The number of hydrogen-bond donors (Lipinski definition) is 0. The highest BCUT2D eigenvalue weighted by atomic mass is 16.6. The van der Waals surface area contributed by atoms with Gasteiger partial charge in [-0.2, -0.15) is 0 Å². The number of amides is 1. The molecule has 2 aromatic rings. The molecule has 4 nitrogen and oxygen atoms in total. The summed E-state index contributed by atoms with van der Waals surface area (Å²) in [6.07, 6.45) is 1.79. The minimum atomic E-state index is -0.262. The van der Waals surface area contributed by atoms with Gasteiger partial charge >= 0.3 is 6.09 Å². The molecule has 1 saturated heterocycles. The number of para-hydroxylation sites is 1. The van der Waals surface area contributed by atoms with Crippen molar-refractivity contribution in [3.05, 3.63) is 60.2 Å². The van der Waals surface area contributed by atoms with Crippen LogP contribution in [0, 0.1) is 0 Å². The van der Waals surface area contributed by atoms with Gasteiger partial charge < -0.3 is 14.4 Å². The van der Waals surface area contributed by atoms with E-state index < -0.39 is 0 Å². The second kappa shape index (κ2) is 8.06. The molecule has 132 valence electrons. The highest BCUT2D eigenvalue weighted by Gasteiger charge is 2.25. The zero-order chi connectivity index (χ0) is 17.6. The third-order valence-electron chi connectivity index (χ3n) is 4.40. The first kappa shape index (κ1) is 17.3. The predicted octanol–water partition coefficient (Wildman–Crippen LogP) is 4.85. The lowest BCUT2D eigenvalue weighted by Gasteiger charge is -2.31. The largest absolute Gasteiger partial charge is 0.491 e. The van der Waals surface area contributed by atoms with Crippen LogP contribution in [0.4, 0.5) is 4.79 Å². The predicted molar refractivity (Wildman–Crippen MR) is 98.2 cm³/mol. The fourth-order valence-electron chi connectivity index (χ4n) is 3.16. The Balaban J connectivity index is 1.55. The van der Waals surface area contributed by atoms with Crippen LogP contribution in [0.5, 0.6) is 11.5 Å². The van der Waals surface area contributed by atoms with Gasteiger partial charge in [0.25, 0.3) is 0 Å². The van der Waals surface area contributed by atoms with Crippen molar-refractivity contribution in [2.45, 2.75) is 38.7 Å². The van der Waals surface area contributed by atoms with Crippen LogP contribution in [0.15, 0.2) is 54.6 Å². The van der Waals surface area contributed by atoms with E-state index in [-0.39, 0.29) is 12.2 Å². The van der Waals surface area contributed by atoms with Crippen LogP contribution in [0.25, 0.3) is 0 Å². The molecule has 1 heterocycles. The fourth-order valence-corrected chi connectivity index (χ4v) is 3.16. The summed E-state index contributed by atoms with van der Waals surface area (Å²) in [5, 5.41) is 0. The van der Waals surface area contributed by atoms with Gasteiger partial charge in [-0.3, -0.25) is 0 Å². The SMILES string of the molecule is CC(C)Oc1cccc(C2CCN(C(=O)Oc3ccccc3)CC2)c1. The maximum Gasteiger partial charge on any atom is 0.415 e. The Morgan fingerprint density at radius 1 is 1.00 bits per heavy atom. The van der Waals surface area contributed by atoms with Crippen LogP contribution in [0.3, 0.4) is 0 Å². The van der Waals surface area contributed by atoms with E-state index in [4.69, 9.17) is 9.47 Å². The number of piperidine rings is 1. The van der Waals surface area contributed by atoms with Crippen molar-refractivity contribution in [2.24, 2.45) is 0 Å². The number of carbonyl (C=O) groups excluding carboxylic acids is 1. The number of ether oxygens (including phenoxy) is 2. The molecule has 0 N–H and O–H groups in total. The van der Waals surface area contributed by atoms with E-state index in [9.17, 15) is 4.79 Å². The molecular weight excluding hydrogens is 314 g/mol. The van der Waals surface area contributed by atoms with Gasteiger partial charge in [0.15, 0.2) is 0 Å². The molecule has 0 unspecified atom stereocenters. The molecule has 0 atom stereocenters. The Kier molecular flexibility index (Phi) is 5.59. The molecule has 0 aromatic heterocycles. The molecule has 3 rings (SSSR count). The van der Waals surface area contributed by atoms with Crippen molar-refractivity contribution in [1.82, 2.24) is 4.90 Å². The number of rotatable bonds is 4. The Morgan fingerprint density at radius 3 is 2.36 bits per heavy atom. The minimum absolute atomic E-state index is 0.171. The van der Waals surface area contributed by atoms with Crippen LogP contribution in [-0.4, -0.2) is 30.2 Å². The number of benzene rings is 2. The highest BCUT2D eigenvalue weighted by Crippen LogP contribution is 2.30. The molecule has 25 heavy (non-hydrogen) atoms.